The van der Waals surface area contributed by atoms with Gasteiger partial charge in [-0.2, -0.15) is 0 Å². The van der Waals surface area contributed by atoms with Gasteiger partial charge in [0.2, 0.25) is 0 Å². The highest BCUT2D eigenvalue weighted by Gasteiger charge is 2.24. The molecular formula is C15H18N2S. The predicted octanol–water partition coefficient (Wildman–Crippen LogP) is 2.95. The van der Waals surface area contributed by atoms with Crippen LogP contribution in [0.3, 0.4) is 0 Å². The third kappa shape index (κ3) is 2.16. The molecule has 0 amide bonds. The number of nitrogen functional groups attached to an aromatic ring is 1. The summed E-state index contributed by atoms with van der Waals surface area (Å²) in [4.78, 5) is 3.88. The van der Waals surface area contributed by atoms with E-state index in [1.807, 2.05) is 0 Å². The van der Waals surface area contributed by atoms with E-state index in [0.717, 1.165) is 24.5 Å². The molecule has 0 saturated heterocycles. The highest BCUT2D eigenvalue weighted by molar-refractivity contribution is 7.16. The normalized spacial score (nSPS) is 20.4. The molecular weight excluding hydrogens is 240 g/mol. The molecule has 3 heteroatoms. The highest BCUT2D eigenvalue weighted by Crippen LogP contribution is 2.37. The van der Waals surface area contributed by atoms with E-state index in [1.54, 1.807) is 11.3 Å². The number of nitrogens with zero attached hydrogens (tertiary/aromatic N) is 1. The smallest absolute Gasteiger partial charge is 0.0862 e. The zero-order chi connectivity index (χ0) is 12.5. The standard InChI is InChI=1S/C15H18N2S/c1-17-8-7-12-9-14(16)18-15(12)13(10-17)11-5-3-2-4-6-11/h2-6,9,13H,7-8,10,16H2,1H3. The van der Waals surface area contributed by atoms with Gasteiger partial charge >= 0.3 is 0 Å². The molecule has 18 heavy (non-hydrogen) atoms. The van der Waals surface area contributed by atoms with E-state index in [2.05, 4.69) is 48.3 Å². The zero-order valence-electron chi connectivity index (χ0n) is 10.6. The molecule has 2 heterocycles. The molecule has 1 aromatic heterocycles. The van der Waals surface area contributed by atoms with Gasteiger partial charge in [-0.05, 0) is 30.7 Å². The average Bonchev–Trinajstić information content (AvgIpc) is 2.68. The number of anilines is 1. The average molecular weight is 258 g/mol. The molecule has 2 nitrogen and oxygen atoms in total. The molecule has 0 fully saturated rings. The fourth-order valence-corrected chi connectivity index (χ4v) is 3.79. The highest BCUT2D eigenvalue weighted by atomic mass is 32.1. The number of hydrogen-bond acceptors (Lipinski definition) is 3. The topological polar surface area (TPSA) is 29.3 Å². The van der Waals surface area contributed by atoms with Crippen LogP contribution in [0.25, 0.3) is 0 Å². The first-order valence-corrected chi connectivity index (χ1v) is 7.17. The van der Waals surface area contributed by atoms with Crippen LogP contribution in [-0.4, -0.2) is 25.0 Å². The minimum Gasteiger partial charge on any atom is -0.391 e. The van der Waals surface area contributed by atoms with Gasteiger partial charge in [0.05, 0.1) is 5.00 Å². The van der Waals surface area contributed by atoms with E-state index < -0.39 is 0 Å². The monoisotopic (exact) mass is 258 g/mol. The van der Waals surface area contributed by atoms with Crippen LogP contribution < -0.4 is 5.73 Å². The van der Waals surface area contributed by atoms with Crippen LogP contribution in [0.1, 0.15) is 21.9 Å². The molecule has 1 aromatic carbocycles. The molecule has 2 N–H and O–H groups in total. The van der Waals surface area contributed by atoms with Crippen molar-refractivity contribution in [1.82, 2.24) is 4.90 Å². The van der Waals surface area contributed by atoms with Crippen molar-refractivity contribution in [1.29, 1.82) is 0 Å². The maximum atomic E-state index is 5.99. The molecule has 0 saturated carbocycles. The number of hydrogen-bond donors (Lipinski definition) is 1. The van der Waals surface area contributed by atoms with Gasteiger partial charge in [-0.15, -0.1) is 11.3 Å². The first-order valence-electron chi connectivity index (χ1n) is 6.35. The summed E-state index contributed by atoms with van der Waals surface area (Å²) in [5.41, 5.74) is 8.83. The van der Waals surface area contributed by atoms with Gasteiger partial charge in [0.1, 0.15) is 0 Å². The lowest BCUT2D eigenvalue weighted by Crippen LogP contribution is -2.24. The van der Waals surface area contributed by atoms with Crippen LogP contribution in [0, 0.1) is 0 Å². The Morgan fingerprint density at radius 1 is 1.28 bits per heavy atom. The maximum Gasteiger partial charge on any atom is 0.0862 e. The van der Waals surface area contributed by atoms with E-state index in [0.29, 0.717) is 5.92 Å². The van der Waals surface area contributed by atoms with Gasteiger partial charge in [0, 0.05) is 23.9 Å². The van der Waals surface area contributed by atoms with Gasteiger partial charge < -0.3 is 10.6 Å². The van der Waals surface area contributed by atoms with Crippen molar-refractivity contribution < 1.29 is 0 Å². The van der Waals surface area contributed by atoms with Gasteiger partial charge in [-0.25, -0.2) is 0 Å². The lowest BCUT2D eigenvalue weighted by molar-refractivity contribution is 0.338. The summed E-state index contributed by atoms with van der Waals surface area (Å²) in [5, 5.41) is 0.950. The third-order valence-electron chi connectivity index (χ3n) is 3.64. The van der Waals surface area contributed by atoms with Crippen LogP contribution in [0.5, 0.6) is 0 Å². The van der Waals surface area contributed by atoms with E-state index in [1.165, 1.54) is 16.0 Å². The second-order valence-electron chi connectivity index (χ2n) is 5.01. The molecule has 0 radical (unpaired) electrons. The van der Waals surface area contributed by atoms with Crippen molar-refractivity contribution in [2.75, 3.05) is 25.9 Å². The Bertz CT molecular complexity index is 533. The Morgan fingerprint density at radius 2 is 2.06 bits per heavy atom. The van der Waals surface area contributed by atoms with Crippen LogP contribution in [0.4, 0.5) is 5.00 Å². The summed E-state index contributed by atoms with van der Waals surface area (Å²) in [6.07, 6.45) is 1.11. The fourth-order valence-electron chi connectivity index (χ4n) is 2.69. The summed E-state index contributed by atoms with van der Waals surface area (Å²) in [7, 11) is 2.20. The van der Waals surface area contributed by atoms with Gasteiger partial charge in [-0.3, -0.25) is 0 Å². The van der Waals surface area contributed by atoms with Gasteiger partial charge in [0.25, 0.3) is 0 Å². The summed E-state index contributed by atoms with van der Waals surface area (Å²) in [6, 6.07) is 12.9. The van der Waals surface area contributed by atoms with Gasteiger partial charge in [0.15, 0.2) is 0 Å². The second-order valence-corrected chi connectivity index (χ2v) is 6.13. The Kier molecular flexibility index (Phi) is 3.10. The molecule has 1 unspecified atom stereocenters. The maximum absolute atomic E-state index is 5.99. The first kappa shape index (κ1) is 11.8. The van der Waals surface area contributed by atoms with Crippen LogP contribution in [-0.2, 0) is 6.42 Å². The number of likely N-dealkylation sites (N-methyl/N-ethyl adjacent to an activating group) is 1. The number of nitrogens with two attached hydrogens (primary N) is 1. The minimum atomic E-state index is 0.469. The molecule has 2 aromatic rings. The lowest BCUT2D eigenvalue weighted by atomic mass is 9.95. The molecule has 1 atom stereocenters. The van der Waals surface area contributed by atoms with Crippen LogP contribution in [0.2, 0.25) is 0 Å². The van der Waals surface area contributed by atoms with E-state index in [4.69, 9.17) is 5.73 Å². The molecule has 1 aliphatic heterocycles. The Labute approximate surface area is 112 Å². The number of rotatable bonds is 1. The molecule has 1 aliphatic rings. The quantitative estimate of drug-likeness (QED) is 0.852. The zero-order valence-corrected chi connectivity index (χ0v) is 11.4. The van der Waals surface area contributed by atoms with E-state index >= 15 is 0 Å². The molecule has 94 valence electrons. The molecule has 0 bridgehead atoms. The van der Waals surface area contributed by atoms with Crippen molar-refractivity contribution in [3.8, 4) is 0 Å². The van der Waals surface area contributed by atoms with Crippen molar-refractivity contribution in [2.24, 2.45) is 0 Å². The summed E-state index contributed by atoms with van der Waals surface area (Å²) in [6.45, 7) is 2.20. The van der Waals surface area contributed by atoms with E-state index in [9.17, 15) is 0 Å². The Hall–Kier alpha value is -1.32. The Balaban J connectivity index is 2.06. The molecule has 0 aliphatic carbocycles. The second kappa shape index (κ2) is 4.75. The van der Waals surface area contributed by atoms with Crippen LogP contribution in [0.15, 0.2) is 36.4 Å². The molecule has 0 spiro atoms. The number of thiophene rings is 1. The summed E-state index contributed by atoms with van der Waals surface area (Å²) >= 11 is 1.76. The van der Waals surface area contributed by atoms with Crippen molar-refractivity contribution in [3.05, 3.63) is 52.4 Å². The number of fused-ring (bicyclic) bond motifs is 1. The van der Waals surface area contributed by atoms with Crippen LogP contribution >= 0.6 is 11.3 Å². The summed E-state index contributed by atoms with van der Waals surface area (Å²) in [5.74, 6) is 0.469. The van der Waals surface area contributed by atoms with Gasteiger partial charge in [-0.1, -0.05) is 30.3 Å². The summed E-state index contributed by atoms with van der Waals surface area (Å²) < 4.78 is 0. The van der Waals surface area contributed by atoms with E-state index in [-0.39, 0.29) is 0 Å². The van der Waals surface area contributed by atoms with Crippen molar-refractivity contribution in [2.45, 2.75) is 12.3 Å². The largest absolute Gasteiger partial charge is 0.391 e. The fraction of sp³-hybridized carbons (Fsp3) is 0.333. The first-order chi connectivity index (χ1) is 8.74. The SMILES string of the molecule is CN1CCc2cc(N)sc2C(c2ccccc2)C1. The van der Waals surface area contributed by atoms with Crippen molar-refractivity contribution in [3.63, 3.8) is 0 Å². The van der Waals surface area contributed by atoms with Crippen molar-refractivity contribution >= 4 is 16.3 Å². The third-order valence-corrected chi connectivity index (χ3v) is 4.76. The minimum absolute atomic E-state index is 0.469. The Morgan fingerprint density at radius 3 is 2.83 bits per heavy atom. The lowest BCUT2D eigenvalue weighted by Gasteiger charge is -2.20. The molecule has 3 rings (SSSR count). The predicted molar refractivity (Wildman–Crippen MR) is 78.2 cm³/mol. The number of benzene rings is 1.